The first kappa shape index (κ1) is 22.2. The Labute approximate surface area is 181 Å². The number of anilines is 3. The zero-order valence-electron chi connectivity index (χ0n) is 17.9. The molecule has 0 aliphatic carbocycles. The number of hydrogen-bond donors (Lipinski definition) is 3. The number of urea groups is 1. The lowest BCUT2D eigenvalue weighted by Crippen LogP contribution is -2.36. The largest absolute Gasteiger partial charge is 0.493 e. The van der Waals surface area contributed by atoms with Crippen molar-refractivity contribution in [2.75, 3.05) is 76.3 Å². The van der Waals surface area contributed by atoms with E-state index in [0.29, 0.717) is 55.1 Å². The van der Waals surface area contributed by atoms with Gasteiger partial charge in [-0.15, -0.1) is 5.10 Å². The molecule has 0 saturated carbocycles. The molecule has 3 rings (SSSR count). The van der Waals surface area contributed by atoms with Gasteiger partial charge in [0.15, 0.2) is 17.3 Å². The summed E-state index contributed by atoms with van der Waals surface area (Å²) in [7, 11) is 4.56. The molecule has 2 aromatic rings. The average Bonchev–Trinajstić information content (AvgIpc) is 2.82. The molecule has 2 amide bonds. The number of aromatic nitrogens is 2. The van der Waals surface area contributed by atoms with Crippen molar-refractivity contribution in [2.24, 2.45) is 0 Å². The van der Waals surface area contributed by atoms with Crippen LogP contribution in [0.2, 0.25) is 0 Å². The summed E-state index contributed by atoms with van der Waals surface area (Å²) >= 11 is 0. The number of rotatable bonds is 9. The predicted molar refractivity (Wildman–Crippen MR) is 117 cm³/mol. The molecule has 3 N–H and O–H groups in total. The number of amides is 2. The lowest BCUT2D eigenvalue weighted by molar-refractivity contribution is 0.122. The highest BCUT2D eigenvalue weighted by Gasteiger charge is 2.15. The zero-order valence-corrected chi connectivity index (χ0v) is 17.9. The van der Waals surface area contributed by atoms with Crippen molar-refractivity contribution in [3.8, 4) is 17.2 Å². The van der Waals surface area contributed by atoms with Crippen molar-refractivity contribution in [1.82, 2.24) is 15.5 Å². The van der Waals surface area contributed by atoms with Gasteiger partial charge in [-0.3, -0.25) is 0 Å². The molecule has 1 fully saturated rings. The van der Waals surface area contributed by atoms with Crippen LogP contribution in [0.15, 0.2) is 24.4 Å². The number of benzene rings is 1. The van der Waals surface area contributed by atoms with Gasteiger partial charge in [0.05, 0.1) is 52.1 Å². The minimum atomic E-state index is -0.357. The summed E-state index contributed by atoms with van der Waals surface area (Å²) in [6.45, 7) is 3.94. The summed E-state index contributed by atoms with van der Waals surface area (Å²) in [6.07, 6.45) is 1.74. The normalized spacial score (nSPS) is 13.3. The Balaban J connectivity index is 1.48. The topological polar surface area (TPSA) is 119 Å². The van der Waals surface area contributed by atoms with Gasteiger partial charge in [-0.2, -0.15) is 5.10 Å². The number of methoxy groups -OCH3 is 3. The van der Waals surface area contributed by atoms with Crippen LogP contribution in [-0.2, 0) is 4.74 Å². The van der Waals surface area contributed by atoms with E-state index in [0.717, 1.165) is 18.8 Å². The third kappa shape index (κ3) is 6.01. The van der Waals surface area contributed by atoms with Crippen LogP contribution in [0.25, 0.3) is 0 Å². The van der Waals surface area contributed by atoms with Gasteiger partial charge in [0.25, 0.3) is 0 Å². The third-order valence-electron chi connectivity index (χ3n) is 4.66. The smallest absolute Gasteiger partial charge is 0.319 e. The summed E-state index contributed by atoms with van der Waals surface area (Å²) < 4.78 is 21.2. The van der Waals surface area contributed by atoms with Crippen molar-refractivity contribution < 1.29 is 23.7 Å². The van der Waals surface area contributed by atoms with E-state index in [1.165, 1.54) is 21.3 Å². The van der Waals surface area contributed by atoms with Gasteiger partial charge in [-0.05, 0) is 0 Å². The SMILES string of the molecule is COc1cc(NC(=O)NCCNc2cc(N3CCOCC3)cnn2)cc(OC)c1OC. The summed E-state index contributed by atoms with van der Waals surface area (Å²) in [5.74, 6) is 2.02. The van der Waals surface area contributed by atoms with Crippen LogP contribution in [0.3, 0.4) is 0 Å². The van der Waals surface area contributed by atoms with Crippen LogP contribution >= 0.6 is 0 Å². The van der Waals surface area contributed by atoms with Crippen molar-refractivity contribution in [3.63, 3.8) is 0 Å². The van der Waals surface area contributed by atoms with Crippen LogP contribution in [0.5, 0.6) is 17.2 Å². The quantitative estimate of drug-likeness (QED) is 0.507. The summed E-state index contributed by atoms with van der Waals surface area (Å²) in [5, 5.41) is 16.8. The van der Waals surface area contributed by atoms with E-state index in [-0.39, 0.29) is 6.03 Å². The van der Waals surface area contributed by atoms with Gasteiger partial charge < -0.3 is 39.8 Å². The predicted octanol–water partition coefficient (Wildman–Crippen LogP) is 1.57. The molecule has 1 aliphatic rings. The molecule has 1 saturated heterocycles. The number of morpholine rings is 1. The third-order valence-corrected chi connectivity index (χ3v) is 4.66. The fourth-order valence-corrected chi connectivity index (χ4v) is 3.13. The second-order valence-electron chi connectivity index (χ2n) is 6.62. The van der Waals surface area contributed by atoms with E-state index < -0.39 is 0 Å². The van der Waals surface area contributed by atoms with Gasteiger partial charge in [0, 0.05) is 44.4 Å². The molecule has 0 bridgehead atoms. The molecule has 1 aromatic carbocycles. The van der Waals surface area contributed by atoms with E-state index in [1.807, 2.05) is 6.07 Å². The monoisotopic (exact) mass is 432 g/mol. The standard InChI is InChI=1S/C20H28N6O5/c1-28-16-10-14(11-17(29-2)19(16)30-3)24-20(27)22-5-4-21-18-12-15(13-23-25-18)26-6-8-31-9-7-26/h10-13H,4-9H2,1-3H3,(H,21,25)(H2,22,24,27). The lowest BCUT2D eigenvalue weighted by Gasteiger charge is -2.28. The molecule has 0 atom stereocenters. The molecule has 11 nitrogen and oxygen atoms in total. The van der Waals surface area contributed by atoms with Crippen molar-refractivity contribution in [3.05, 3.63) is 24.4 Å². The van der Waals surface area contributed by atoms with Gasteiger partial charge in [0.2, 0.25) is 5.75 Å². The highest BCUT2D eigenvalue weighted by atomic mass is 16.5. The minimum Gasteiger partial charge on any atom is -0.493 e. The average molecular weight is 432 g/mol. The van der Waals surface area contributed by atoms with Gasteiger partial charge in [0.1, 0.15) is 0 Å². The summed E-state index contributed by atoms with van der Waals surface area (Å²) in [6, 6.07) is 4.90. The lowest BCUT2D eigenvalue weighted by atomic mass is 10.2. The van der Waals surface area contributed by atoms with E-state index in [9.17, 15) is 4.79 Å². The molecule has 0 radical (unpaired) electrons. The van der Waals surface area contributed by atoms with E-state index in [2.05, 4.69) is 31.0 Å². The molecular weight excluding hydrogens is 404 g/mol. The zero-order chi connectivity index (χ0) is 22.1. The molecule has 0 spiro atoms. The molecule has 1 aliphatic heterocycles. The van der Waals surface area contributed by atoms with Crippen LogP contribution in [0.1, 0.15) is 0 Å². The van der Waals surface area contributed by atoms with E-state index >= 15 is 0 Å². The van der Waals surface area contributed by atoms with Crippen molar-refractivity contribution in [1.29, 1.82) is 0 Å². The van der Waals surface area contributed by atoms with Gasteiger partial charge in [-0.25, -0.2) is 4.79 Å². The fraction of sp³-hybridized carbons (Fsp3) is 0.450. The molecule has 11 heteroatoms. The second kappa shape index (κ2) is 11.1. The molecular formula is C20H28N6O5. The minimum absolute atomic E-state index is 0.357. The Kier molecular flexibility index (Phi) is 7.93. The maximum Gasteiger partial charge on any atom is 0.319 e. The maximum atomic E-state index is 12.2. The number of nitrogens with one attached hydrogen (secondary N) is 3. The first-order valence-electron chi connectivity index (χ1n) is 9.88. The molecule has 31 heavy (non-hydrogen) atoms. The van der Waals surface area contributed by atoms with Crippen LogP contribution in [0, 0.1) is 0 Å². The second-order valence-corrected chi connectivity index (χ2v) is 6.62. The fourth-order valence-electron chi connectivity index (χ4n) is 3.13. The number of ether oxygens (including phenoxy) is 4. The molecule has 168 valence electrons. The summed E-state index contributed by atoms with van der Waals surface area (Å²) in [4.78, 5) is 14.4. The van der Waals surface area contributed by atoms with Crippen LogP contribution in [-0.4, -0.2) is 77.0 Å². The van der Waals surface area contributed by atoms with Crippen LogP contribution in [0.4, 0.5) is 22.0 Å². The van der Waals surface area contributed by atoms with E-state index in [1.54, 1.807) is 18.3 Å². The number of carbonyl (C=O) groups excluding carboxylic acids is 1. The number of carbonyl (C=O) groups is 1. The molecule has 0 unspecified atom stereocenters. The van der Waals surface area contributed by atoms with E-state index in [4.69, 9.17) is 18.9 Å². The van der Waals surface area contributed by atoms with Gasteiger partial charge in [-0.1, -0.05) is 0 Å². The van der Waals surface area contributed by atoms with Crippen LogP contribution < -0.4 is 35.1 Å². The molecule has 1 aromatic heterocycles. The summed E-state index contributed by atoms with van der Waals surface area (Å²) in [5.41, 5.74) is 1.51. The highest BCUT2D eigenvalue weighted by molar-refractivity contribution is 5.90. The Bertz CT molecular complexity index is 850. The first-order chi connectivity index (χ1) is 15.1. The van der Waals surface area contributed by atoms with Crippen molar-refractivity contribution >= 4 is 23.2 Å². The Morgan fingerprint density at radius 3 is 2.42 bits per heavy atom. The Hall–Kier alpha value is -3.47. The highest BCUT2D eigenvalue weighted by Crippen LogP contribution is 2.39. The molecule has 2 heterocycles. The Morgan fingerprint density at radius 1 is 1.06 bits per heavy atom. The van der Waals surface area contributed by atoms with Crippen molar-refractivity contribution in [2.45, 2.75) is 0 Å². The van der Waals surface area contributed by atoms with Gasteiger partial charge >= 0.3 is 6.03 Å². The number of hydrogen-bond acceptors (Lipinski definition) is 9. The number of nitrogens with zero attached hydrogens (tertiary/aromatic N) is 3. The maximum absolute atomic E-state index is 12.2. The Morgan fingerprint density at radius 2 is 1.77 bits per heavy atom. The first-order valence-corrected chi connectivity index (χ1v) is 9.88.